The number of fused-ring (bicyclic) bond motifs is 2. The standard InChI is InChI=1S/C10H19N3O2/c1-6(4-10(11)13-14)12-8-5-7-2-3-9(8)15-7/h6-9,12,14H,2-5H2,1H3,(H2,11,13). The van der Waals surface area contributed by atoms with Crippen molar-refractivity contribution in [2.75, 3.05) is 0 Å². The summed E-state index contributed by atoms with van der Waals surface area (Å²) in [6.07, 6.45) is 4.89. The number of nitrogens with two attached hydrogens (primary N) is 1. The van der Waals surface area contributed by atoms with Crippen LogP contribution in [0.25, 0.3) is 0 Å². The molecule has 0 aromatic carbocycles. The highest BCUT2D eigenvalue weighted by molar-refractivity contribution is 5.80. The van der Waals surface area contributed by atoms with Gasteiger partial charge < -0.3 is 21.0 Å². The minimum atomic E-state index is 0.230. The van der Waals surface area contributed by atoms with Gasteiger partial charge in [0.25, 0.3) is 0 Å². The van der Waals surface area contributed by atoms with Gasteiger partial charge in [-0.05, 0) is 26.2 Å². The van der Waals surface area contributed by atoms with E-state index in [0.717, 1.165) is 6.42 Å². The lowest BCUT2D eigenvalue weighted by Gasteiger charge is -2.24. The van der Waals surface area contributed by atoms with Gasteiger partial charge in [-0.2, -0.15) is 0 Å². The summed E-state index contributed by atoms with van der Waals surface area (Å²) >= 11 is 0. The summed E-state index contributed by atoms with van der Waals surface area (Å²) in [5.41, 5.74) is 5.45. The molecule has 2 fully saturated rings. The fourth-order valence-corrected chi connectivity index (χ4v) is 2.59. The quantitative estimate of drug-likeness (QED) is 0.274. The molecule has 0 radical (unpaired) electrons. The van der Waals surface area contributed by atoms with Crippen molar-refractivity contribution < 1.29 is 9.94 Å². The molecule has 2 saturated heterocycles. The lowest BCUT2D eigenvalue weighted by atomic mass is 9.95. The number of amidine groups is 1. The number of hydrogen-bond acceptors (Lipinski definition) is 4. The van der Waals surface area contributed by atoms with Crippen LogP contribution in [-0.4, -0.2) is 35.3 Å². The zero-order valence-corrected chi connectivity index (χ0v) is 9.02. The van der Waals surface area contributed by atoms with Crippen LogP contribution in [0.4, 0.5) is 0 Å². The van der Waals surface area contributed by atoms with E-state index in [9.17, 15) is 0 Å². The predicted octanol–water partition coefficient (Wildman–Crippen LogP) is 0.421. The van der Waals surface area contributed by atoms with Crippen molar-refractivity contribution in [3.63, 3.8) is 0 Å². The summed E-state index contributed by atoms with van der Waals surface area (Å²) in [4.78, 5) is 0. The van der Waals surface area contributed by atoms with Crippen LogP contribution in [0.1, 0.15) is 32.6 Å². The Hall–Kier alpha value is -0.810. The van der Waals surface area contributed by atoms with E-state index in [-0.39, 0.29) is 11.9 Å². The number of rotatable bonds is 4. The van der Waals surface area contributed by atoms with Gasteiger partial charge in [0.1, 0.15) is 5.84 Å². The molecule has 4 unspecified atom stereocenters. The Morgan fingerprint density at radius 3 is 3.00 bits per heavy atom. The van der Waals surface area contributed by atoms with E-state index < -0.39 is 0 Å². The van der Waals surface area contributed by atoms with Crippen molar-refractivity contribution in [1.29, 1.82) is 0 Å². The van der Waals surface area contributed by atoms with Crippen molar-refractivity contribution in [2.24, 2.45) is 10.9 Å². The third-order valence-electron chi connectivity index (χ3n) is 3.25. The Kier molecular flexibility index (Phi) is 3.11. The molecule has 0 aliphatic carbocycles. The topological polar surface area (TPSA) is 79.9 Å². The van der Waals surface area contributed by atoms with Gasteiger partial charge >= 0.3 is 0 Å². The maximum Gasteiger partial charge on any atom is 0.140 e. The first-order valence-electron chi connectivity index (χ1n) is 5.57. The first-order valence-corrected chi connectivity index (χ1v) is 5.57. The summed E-state index contributed by atoms with van der Waals surface area (Å²) < 4.78 is 5.74. The molecule has 0 saturated carbocycles. The summed E-state index contributed by atoms with van der Waals surface area (Å²) in [7, 11) is 0. The third kappa shape index (κ3) is 2.41. The van der Waals surface area contributed by atoms with E-state index in [1.165, 1.54) is 12.8 Å². The Bertz CT molecular complexity index is 257. The second kappa shape index (κ2) is 4.37. The summed E-state index contributed by atoms with van der Waals surface area (Å²) in [5.74, 6) is 0.277. The highest BCUT2D eigenvalue weighted by atomic mass is 16.5. The summed E-state index contributed by atoms with van der Waals surface area (Å²) in [5, 5.41) is 14.9. The molecule has 0 aromatic heterocycles. The second-order valence-electron chi connectivity index (χ2n) is 4.58. The van der Waals surface area contributed by atoms with E-state index in [0.29, 0.717) is 24.7 Å². The zero-order valence-electron chi connectivity index (χ0n) is 9.02. The van der Waals surface area contributed by atoms with Gasteiger partial charge in [-0.25, -0.2) is 0 Å². The van der Waals surface area contributed by atoms with Crippen molar-refractivity contribution in [3.05, 3.63) is 0 Å². The normalized spacial score (nSPS) is 37.1. The van der Waals surface area contributed by atoms with Crippen molar-refractivity contribution in [1.82, 2.24) is 5.32 Å². The van der Waals surface area contributed by atoms with Crippen LogP contribution < -0.4 is 11.1 Å². The first kappa shape index (κ1) is 10.7. The fourth-order valence-electron chi connectivity index (χ4n) is 2.59. The Morgan fingerprint density at radius 2 is 2.47 bits per heavy atom. The molecule has 2 aliphatic heterocycles. The van der Waals surface area contributed by atoms with Crippen LogP contribution in [0.2, 0.25) is 0 Å². The molecular weight excluding hydrogens is 194 g/mol. The van der Waals surface area contributed by atoms with Gasteiger partial charge in [-0.1, -0.05) is 5.16 Å². The van der Waals surface area contributed by atoms with Gasteiger partial charge in [0, 0.05) is 18.5 Å². The molecule has 4 atom stereocenters. The van der Waals surface area contributed by atoms with Crippen LogP contribution in [0, 0.1) is 0 Å². The Labute approximate surface area is 89.7 Å². The van der Waals surface area contributed by atoms with Gasteiger partial charge in [0.05, 0.1) is 12.2 Å². The van der Waals surface area contributed by atoms with Crippen LogP contribution in [0.3, 0.4) is 0 Å². The molecule has 0 amide bonds. The molecule has 86 valence electrons. The van der Waals surface area contributed by atoms with E-state index >= 15 is 0 Å². The summed E-state index contributed by atoms with van der Waals surface area (Å²) in [6, 6.07) is 0.680. The smallest absolute Gasteiger partial charge is 0.140 e. The number of nitrogens with one attached hydrogen (secondary N) is 1. The molecule has 5 heteroatoms. The van der Waals surface area contributed by atoms with E-state index in [4.69, 9.17) is 15.7 Å². The van der Waals surface area contributed by atoms with Crippen LogP contribution in [0.15, 0.2) is 5.16 Å². The maximum atomic E-state index is 8.46. The molecule has 4 N–H and O–H groups in total. The van der Waals surface area contributed by atoms with Crippen LogP contribution in [0.5, 0.6) is 0 Å². The predicted molar refractivity (Wildman–Crippen MR) is 56.9 cm³/mol. The molecular formula is C10H19N3O2. The third-order valence-corrected chi connectivity index (χ3v) is 3.25. The zero-order chi connectivity index (χ0) is 10.8. The monoisotopic (exact) mass is 213 g/mol. The molecule has 2 aliphatic rings. The fraction of sp³-hybridized carbons (Fsp3) is 0.900. The van der Waals surface area contributed by atoms with Gasteiger partial charge in [0.2, 0.25) is 0 Å². The number of nitrogens with zero attached hydrogens (tertiary/aromatic N) is 1. The second-order valence-corrected chi connectivity index (χ2v) is 4.58. The lowest BCUT2D eigenvalue weighted by Crippen LogP contribution is -2.44. The van der Waals surface area contributed by atoms with E-state index in [2.05, 4.69) is 10.5 Å². The average molecular weight is 213 g/mol. The molecule has 2 heterocycles. The average Bonchev–Trinajstić information content (AvgIpc) is 2.78. The van der Waals surface area contributed by atoms with Gasteiger partial charge in [0.15, 0.2) is 0 Å². The summed E-state index contributed by atoms with van der Waals surface area (Å²) in [6.45, 7) is 2.05. The van der Waals surface area contributed by atoms with Crippen LogP contribution in [-0.2, 0) is 4.74 Å². The number of oxime groups is 1. The van der Waals surface area contributed by atoms with Crippen molar-refractivity contribution >= 4 is 5.84 Å². The van der Waals surface area contributed by atoms with Gasteiger partial charge in [-0.3, -0.25) is 0 Å². The first-order chi connectivity index (χ1) is 7.19. The van der Waals surface area contributed by atoms with Crippen LogP contribution >= 0.6 is 0 Å². The minimum Gasteiger partial charge on any atom is -0.409 e. The van der Waals surface area contributed by atoms with E-state index in [1.54, 1.807) is 0 Å². The minimum absolute atomic E-state index is 0.230. The lowest BCUT2D eigenvalue weighted by molar-refractivity contribution is 0.0963. The maximum absolute atomic E-state index is 8.46. The molecule has 5 nitrogen and oxygen atoms in total. The number of ether oxygens (including phenoxy) is 1. The highest BCUT2D eigenvalue weighted by Crippen LogP contribution is 2.34. The van der Waals surface area contributed by atoms with Crippen molar-refractivity contribution in [3.8, 4) is 0 Å². The molecule has 2 bridgehead atoms. The largest absolute Gasteiger partial charge is 0.409 e. The molecule has 0 aromatic rings. The van der Waals surface area contributed by atoms with Crippen molar-refractivity contribution in [2.45, 2.75) is 56.9 Å². The van der Waals surface area contributed by atoms with Gasteiger partial charge in [-0.15, -0.1) is 0 Å². The SMILES string of the molecule is CC(CC(N)=NO)NC1CC2CCC1O2. The highest BCUT2D eigenvalue weighted by Gasteiger charge is 2.40. The molecule has 0 spiro atoms. The van der Waals surface area contributed by atoms with E-state index in [1.807, 2.05) is 6.92 Å². The Morgan fingerprint density at radius 1 is 1.67 bits per heavy atom. The molecule has 2 rings (SSSR count). The number of hydrogen-bond donors (Lipinski definition) is 3. The Balaban J connectivity index is 1.77. The molecule has 15 heavy (non-hydrogen) atoms.